The number of benzene rings is 1. The Bertz CT molecular complexity index is 370. The first-order valence-electron chi connectivity index (χ1n) is 5.36. The molecule has 2 nitrogen and oxygen atoms in total. The second-order valence-electron chi connectivity index (χ2n) is 3.70. The standard InChI is InChI=1S/C13H16ClNO/c1-3-10(2)15-13(16)9-6-11-4-7-12(14)8-5-11/h4-10H,3H2,1-2H3,(H,15,16)/b9-6+. The lowest BCUT2D eigenvalue weighted by Gasteiger charge is -2.08. The number of nitrogens with one attached hydrogen (secondary N) is 1. The molecule has 3 heteroatoms. The van der Waals surface area contributed by atoms with E-state index in [-0.39, 0.29) is 11.9 Å². The molecular weight excluding hydrogens is 222 g/mol. The zero-order valence-corrected chi connectivity index (χ0v) is 10.3. The molecule has 0 aliphatic carbocycles. The summed E-state index contributed by atoms with van der Waals surface area (Å²) in [6, 6.07) is 7.55. The Balaban J connectivity index is 2.53. The van der Waals surface area contributed by atoms with Gasteiger partial charge in [-0.2, -0.15) is 0 Å². The molecule has 1 amide bonds. The van der Waals surface area contributed by atoms with Gasteiger partial charge in [-0.1, -0.05) is 30.7 Å². The molecule has 1 unspecified atom stereocenters. The van der Waals surface area contributed by atoms with Crippen LogP contribution >= 0.6 is 11.6 Å². The van der Waals surface area contributed by atoms with E-state index in [1.165, 1.54) is 6.08 Å². The maximum absolute atomic E-state index is 11.4. The summed E-state index contributed by atoms with van der Waals surface area (Å²) >= 11 is 5.76. The molecule has 1 N–H and O–H groups in total. The Labute approximate surface area is 101 Å². The number of halogens is 1. The number of hydrogen-bond donors (Lipinski definition) is 1. The molecule has 0 saturated carbocycles. The number of hydrogen-bond acceptors (Lipinski definition) is 1. The van der Waals surface area contributed by atoms with Gasteiger partial charge < -0.3 is 5.32 Å². The van der Waals surface area contributed by atoms with Crippen LogP contribution in [0.2, 0.25) is 5.02 Å². The van der Waals surface area contributed by atoms with E-state index in [1.807, 2.05) is 26.0 Å². The van der Waals surface area contributed by atoms with Crippen LogP contribution in [-0.4, -0.2) is 11.9 Å². The monoisotopic (exact) mass is 237 g/mol. The van der Waals surface area contributed by atoms with Gasteiger partial charge in [-0.05, 0) is 37.1 Å². The van der Waals surface area contributed by atoms with E-state index in [0.717, 1.165) is 12.0 Å². The van der Waals surface area contributed by atoms with Gasteiger partial charge in [0.1, 0.15) is 0 Å². The van der Waals surface area contributed by atoms with E-state index in [1.54, 1.807) is 18.2 Å². The van der Waals surface area contributed by atoms with Crippen LogP contribution in [-0.2, 0) is 4.79 Å². The third kappa shape index (κ3) is 4.49. The van der Waals surface area contributed by atoms with Gasteiger partial charge in [0.25, 0.3) is 0 Å². The van der Waals surface area contributed by atoms with Crippen molar-refractivity contribution < 1.29 is 4.79 Å². The number of carbonyl (C=O) groups excluding carboxylic acids is 1. The van der Waals surface area contributed by atoms with Crippen LogP contribution in [0, 0.1) is 0 Å². The third-order valence-corrected chi connectivity index (χ3v) is 2.55. The zero-order chi connectivity index (χ0) is 12.0. The Morgan fingerprint density at radius 3 is 2.62 bits per heavy atom. The topological polar surface area (TPSA) is 29.1 Å². The molecule has 0 fully saturated rings. The fraction of sp³-hybridized carbons (Fsp3) is 0.308. The van der Waals surface area contributed by atoms with Crippen LogP contribution in [0.1, 0.15) is 25.8 Å². The van der Waals surface area contributed by atoms with Crippen LogP contribution in [0.3, 0.4) is 0 Å². The van der Waals surface area contributed by atoms with E-state index in [0.29, 0.717) is 5.02 Å². The maximum Gasteiger partial charge on any atom is 0.244 e. The van der Waals surface area contributed by atoms with Gasteiger partial charge in [0.15, 0.2) is 0 Å². The molecule has 1 aromatic carbocycles. The highest BCUT2D eigenvalue weighted by atomic mass is 35.5. The molecular formula is C13H16ClNO. The Morgan fingerprint density at radius 1 is 1.44 bits per heavy atom. The van der Waals surface area contributed by atoms with Crippen molar-refractivity contribution in [3.05, 3.63) is 40.9 Å². The number of carbonyl (C=O) groups is 1. The van der Waals surface area contributed by atoms with Crippen LogP contribution in [0.4, 0.5) is 0 Å². The molecule has 0 heterocycles. The maximum atomic E-state index is 11.4. The van der Waals surface area contributed by atoms with Crippen LogP contribution in [0.25, 0.3) is 6.08 Å². The lowest BCUT2D eigenvalue weighted by molar-refractivity contribution is -0.117. The highest BCUT2D eigenvalue weighted by molar-refractivity contribution is 6.30. The minimum Gasteiger partial charge on any atom is -0.350 e. The highest BCUT2D eigenvalue weighted by Crippen LogP contribution is 2.10. The van der Waals surface area contributed by atoms with Gasteiger partial charge in [0.2, 0.25) is 5.91 Å². The van der Waals surface area contributed by atoms with E-state index in [9.17, 15) is 4.79 Å². The van der Waals surface area contributed by atoms with Gasteiger partial charge in [0.05, 0.1) is 0 Å². The first-order chi connectivity index (χ1) is 7.61. The smallest absolute Gasteiger partial charge is 0.244 e. The normalized spacial score (nSPS) is 12.7. The first kappa shape index (κ1) is 12.8. The predicted octanol–water partition coefficient (Wildman–Crippen LogP) is 3.27. The highest BCUT2D eigenvalue weighted by Gasteiger charge is 2.00. The summed E-state index contributed by atoms with van der Waals surface area (Å²) in [5.41, 5.74) is 0.962. The Kier molecular flexibility index (Phi) is 5.06. The minimum atomic E-state index is -0.0655. The van der Waals surface area contributed by atoms with Crippen molar-refractivity contribution in [2.24, 2.45) is 0 Å². The summed E-state index contributed by atoms with van der Waals surface area (Å²) in [6.45, 7) is 4.02. The van der Waals surface area contributed by atoms with E-state index >= 15 is 0 Å². The second kappa shape index (κ2) is 6.33. The second-order valence-corrected chi connectivity index (χ2v) is 4.14. The van der Waals surface area contributed by atoms with Crippen molar-refractivity contribution in [3.63, 3.8) is 0 Å². The SMILES string of the molecule is CCC(C)NC(=O)/C=C/c1ccc(Cl)cc1. The fourth-order valence-corrected chi connectivity index (χ4v) is 1.26. The summed E-state index contributed by atoms with van der Waals surface area (Å²) < 4.78 is 0. The lowest BCUT2D eigenvalue weighted by atomic mass is 10.2. The number of amides is 1. The molecule has 1 rings (SSSR count). The van der Waals surface area contributed by atoms with Gasteiger partial charge in [-0.25, -0.2) is 0 Å². The van der Waals surface area contributed by atoms with E-state index in [4.69, 9.17) is 11.6 Å². The van der Waals surface area contributed by atoms with E-state index in [2.05, 4.69) is 5.32 Å². The zero-order valence-electron chi connectivity index (χ0n) is 9.53. The summed E-state index contributed by atoms with van der Waals surface area (Å²) in [4.78, 5) is 11.4. The summed E-state index contributed by atoms with van der Waals surface area (Å²) in [7, 11) is 0. The molecule has 0 aliphatic rings. The molecule has 0 spiro atoms. The summed E-state index contributed by atoms with van der Waals surface area (Å²) in [5.74, 6) is -0.0655. The van der Waals surface area contributed by atoms with E-state index < -0.39 is 0 Å². The molecule has 86 valence electrons. The number of rotatable bonds is 4. The molecule has 0 aliphatic heterocycles. The molecule has 0 bridgehead atoms. The first-order valence-corrected chi connectivity index (χ1v) is 5.73. The Morgan fingerprint density at radius 2 is 2.06 bits per heavy atom. The van der Waals surface area contributed by atoms with Gasteiger partial charge in [0, 0.05) is 17.1 Å². The summed E-state index contributed by atoms with van der Waals surface area (Å²) in [6.07, 6.45) is 4.24. The average molecular weight is 238 g/mol. The molecule has 0 radical (unpaired) electrons. The average Bonchev–Trinajstić information content (AvgIpc) is 2.28. The Hall–Kier alpha value is -1.28. The van der Waals surface area contributed by atoms with Crippen LogP contribution in [0.5, 0.6) is 0 Å². The molecule has 16 heavy (non-hydrogen) atoms. The third-order valence-electron chi connectivity index (χ3n) is 2.30. The fourth-order valence-electron chi connectivity index (χ4n) is 1.14. The van der Waals surface area contributed by atoms with Crippen molar-refractivity contribution in [1.29, 1.82) is 0 Å². The quantitative estimate of drug-likeness (QED) is 0.801. The largest absolute Gasteiger partial charge is 0.350 e. The van der Waals surface area contributed by atoms with Gasteiger partial charge >= 0.3 is 0 Å². The molecule has 0 aromatic heterocycles. The van der Waals surface area contributed by atoms with Crippen molar-refractivity contribution in [3.8, 4) is 0 Å². The van der Waals surface area contributed by atoms with Crippen molar-refractivity contribution in [1.82, 2.24) is 5.32 Å². The summed E-state index contributed by atoms with van der Waals surface area (Å²) in [5, 5.41) is 3.55. The van der Waals surface area contributed by atoms with Crippen molar-refractivity contribution >= 4 is 23.6 Å². The van der Waals surface area contributed by atoms with Gasteiger partial charge in [-0.3, -0.25) is 4.79 Å². The molecule has 1 aromatic rings. The van der Waals surface area contributed by atoms with Crippen molar-refractivity contribution in [2.75, 3.05) is 0 Å². The predicted molar refractivity (Wildman–Crippen MR) is 68.4 cm³/mol. The van der Waals surface area contributed by atoms with Gasteiger partial charge in [-0.15, -0.1) is 0 Å². The minimum absolute atomic E-state index is 0.0655. The molecule has 0 saturated heterocycles. The lowest BCUT2D eigenvalue weighted by Crippen LogP contribution is -2.30. The van der Waals surface area contributed by atoms with Crippen molar-refractivity contribution in [2.45, 2.75) is 26.3 Å². The van der Waals surface area contributed by atoms with Crippen LogP contribution in [0.15, 0.2) is 30.3 Å². The molecule has 1 atom stereocenters. The van der Waals surface area contributed by atoms with Crippen LogP contribution < -0.4 is 5.32 Å².